The van der Waals surface area contributed by atoms with Crippen LogP contribution in [-0.4, -0.2) is 34.2 Å². The molecule has 0 heterocycles. The lowest BCUT2D eigenvalue weighted by atomic mass is 10.2. The molecule has 0 aliphatic rings. The lowest BCUT2D eigenvalue weighted by Crippen LogP contribution is -2.51. The van der Waals surface area contributed by atoms with Gasteiger partial charge in [-0.3, -0.25) is 10.5 Å². The minimum Gasteiger partial charge on any atom is -0.444 e. The average molecular weight is 233 g/mol. The third-order valence-electron chi connectivity index (χ3n) is 1.59. The topological polar surface area (TPSA) is 105 Å². The number of nitrogens with zero attached hydrogens (tertiary/aromatic N) is 1. The molecular weight excluding hydrogens is 214 g/mol. The lowest BCUT2D eigenvalue weighted by Gasteiger charge is -2.26. The van der Waals surface area contributed by atoms with Crippen LogP contribution in [0.25, 0.3) is 0 Å². The quantitative estimate of drug-likeness (QED) is 0.384. The number of alkyl carbamates (subject to hydrolysis) is 1. The van der Waals surface area contributed by atoms with Crippen LogP contribution in [0.5, 0.6) is 0 Å². The Morgan fingerprint density at radius 2 is 2.00 bits per heavy atom. The molecule has 0 bridgehead atoms. The van der Waals surface area contributed by atoms with Crippen LogP contribution in [0.4, 0.5) is 9.59 Å². The summed E-state index contributed by atoms with van der Waals surface area (Å²) in [5, 5.41) is 11.8. The number of carbonyl (C=O) groups excluding carboxylic acids is 2. The standard InChI is InChI=1S/C9H19N3O4/c1-5-6(12(15)7(10)13)11-8(14)16-9(2,3)4/h6,15H,5H2,1-4H3,(H2,10,13)(H,11,14). The van der Waals surface area contributed by atoms with Crippen molar-refractivity contribution in [1.29, 1.82) is 0 Å². The second-order valence-electron chi connectivity index (χ2n) is 4.25. The minimum atomic E-state index is -1.04. The zero-order chi connectivity index (χ0) is 12.9. The van der Waals surface area contributed by atoms with Crippen LogP contribution in [0.1, 0.15) is 34.1 Å². The van der Waals surface area contributed by atoms with E-state index in [1.165, 1.54) is 0 Å². The molecule has 0 aromatic heterocycles. The molecule has 1 unspecified atom stereocenters. The Bertz CT molecular complexity index is 262. The molecule has 0 aliphatic heterocycles. The molecule has 3 amide bonds. The van der Waals surface area contributed by atoms with E-state index < -0.39 is 23.9 Å². The van der Waals surface area contributed by atoms with Crippen LogP contribution in [0.2, 0.25) is 0 Å². The van der Waals surface area contributed by atoms with E-state index >= 15 is 0 Å². The second-order valence-corrected chi connectivity index (χ2v) is 4.25. The van der Waals surface area contributed by atoms with Crippen molar-refractivity contribution in [3.8, 4) is 0 Å². The Morgan fingerprint density at radius 1 is 1.50 bits per heavy atom. The summed E-state index contributed by atoms with van der Waals surface area (Å²) in [7, 11) is 0. The van der Waals surface area contributed by atoms with Gasteiger partial charge in [0.25, 0.3) is 0 Å². The summed E-state index contributed by atoms with van der Waals surface area (Å²) >= 11 is 0. The second kappa shape index (κ2) is 5.55. The van der Waals surface area contributed by atoms with Crippen molar-refractivity contribution in [2.75, 3.05) is 0 Å². The Labute approximate surface area is 94.5 Å². The van der Waals surface area contributed by atoms with Crippen molar-refractivity contribution in [3.63, 3.8) is 0 Å². The summed E-state index contributed by atoms with van der Waals surface area (Å²) in [5.74, 6) is 0. The highest BCUT2D eigenvalue weighted by Crippen LogP contribution is 2.07. The normalized spacial score (nSPS) is 12.8. The number of amides is 3. The van der Waals surface area contributed by atoms with E-state index in [9.17, 15) is 14.8 Å². The first-order valence-corrected chi connectivity index (χ1v) is 4.94. The predicted octanol–water partition coefficient (Wildman–Crippen LogP) is 1.02. The van der Waals surface area contributed by atoms with Crippen LogP contribution >= 0.6 is 0 Å². The summed E-state index contributed by atoms with van der Waals surface area (Å²) in [6.07, 6.45) is -1.31. The van der Waals surface area contributed by atoms with Crippen LogP contribution < -0.4 is 11.1 Å². The average Bonchev–Trinajstić information content (AvgIpc) is 2.09. The number of urea groups is 1. The van der Waals surface area contributed by atoms with Gasteiger partial charge in [-0.1, -0.05) is 6.92 Å². The highest BCUT2D eigenvalue weighted by Gasteiger charge is 2.23. The van der Waals surface area contributed by atoms with E-state index in [4.69, 9.17) is 10.5 Å². The van der Waals surface area contributed by atoms with Gasteiger partial charge in [0, 0.05) is 0 Å². The van der Waals surface area contributed by atoms with Gasteiger partial charge in [-0.2, -0.15) is 5.06 Å². The molecule has 4 N–H and O–H groups in total. The number of nitrogens with one attached hydrogen (secondary N) is 1. The molecule has 0 fully saturated rings. The van der Waals surface area contributed by atoms with Gasteiger partial charge in [0.15, 0.2) is 0 Å². The van der Waals surface area contributed by atoms with Crippen LogP contribution in [-0.2, 0) is 4.74 Å². The predicted molar refractivity (Wildman–Crippen MR) is 56.7 cm³/mol. The Balaban J connectivity index is 4.33. The fraction of sp³-hybridized carbons (Fsp3) is 0.778. The SMILES string of the molecule is CCC(NC(=O)OC(C)(C)C)N(O)C(N)=O. The number of hydroxylamine groups is 2. The van der Waals surface area contributed by atoms with Gasteiger partial charge in [-0.05, 0) is 27.2 Å². The summed E-state index contributed by atoms with van der Waals surface area (Å²) in [4.78, 5) is 22.0. The molecule has 16 heavy (non-hydrogen) atoms. The number of nitrogens with two attached hydrogens (primary N) is 1. The van der Waals surface area contributed by atoms with E-state index in [0.717, 1.165) is 0 Å². The van der Waals surface area contributed by atoms with E-state index in [-0.39, 0.29) is 5.06 Å². The maximum absolute atomic E-state index is 11.3. The number of rotatable bonds is 3. The zero-order valence-corrected chi connectivity index (χ0v) is 9.98. The Hall–Kier alpha value is -1.50. The molecule has 0 spiro atoms. The summed E-state index contributed by atoms with van der Waals surface area (Å²) in [6, 6.07) is -1.04. The summed E-state index contributed by atoms with van der Waals surface area (Å²) < 4.78 is 4.96. The van der Waals surface area contributed by atoms with Gasteiger partial charge >= 0.3 is 12.1 Å². The fourth-order valence-electron chi connectivity index (χ4n) is 0.933. The molecule has 1 atom stereocenters. The van der Waals surface area contributed by atoms with Crippen LogP contribution in [0.15, 0.2) is 0 Å². The molecule has 0 aromatic carbocycles. The lowest BCUT2D eigenvalue weighted by molar-refractivity contribution is -0.0860. The van der Waals surface area contributed by atoms with Gasteiger partial charge < -0.3 is 10.5 Å². The molecular formula is C9H19N3O4. The van der Waals surface area contributed by atoms with E-state index in [2.05, 4.69) is 5.32 Å². The van der Waals surface area contributed by atoms with Crippen molar-refractivity contribution in [1.82, 2.24) is 10.4 Å². The third kappa shape index (κ3) is 5.40. The highest BCUT2D eigenvalue weighted by atomic mass is 16.6. The molecule has 0 saturated heterocycles. The first-order valence-electron chi connectivity index (χ1n) is 4.94. The molecule has 94 valence electrons. The smallest absolute Gasteiger partial charge is 0.409 e. The highest BCUT2D eigenvalue weighted by molar-refractivity contribution is 5.72. The van der Waals surface area contributed by atoms with Gasteiger partial charge in [0.2, 0.25) is 0 Å². The van der Waals surface area contributed by atoms with Crippen LogP contribution in [0, 0.1) is 0 Å². The number of hydrogen-bond donors (Lipinski definition) is 3. The molecule has 0 radical (unpaired) electrons. The van der Waals surface area contributed by atoms with E-state index in [0.29, 0.717) is 6.42 Å². The molecule has 0 rings (SSSR count). The number of carbonyl (C=O) groups is 2. The number of hydrogen-bond acceptors (Lipinski definition) is 4. The van der Waals surface area contributed by atoms with Crippen molar-refractivity contribution < 1.29 is 19.5 Å². The molecule has 7 heteroatoms. The zero-order valence-electron chi connectivity index (χ0n) is 9.98. The van der Waals surface area contributed by atoms with Gasteiger partial charge in [-0.25, -0.2) is 9.59 Å². The Kier molecular flexibility index (Phi) is 5.03. The summed E-state index contributed by atoms with van der Waals surface area (Å²) in [5.41, 5.74) is 4.22. The summed E-state index contributed by atoms with van der Waals surface area (Å²) in [6.45, 7) is 6.79. The first-order chi connectivity index (χ1) is 7.17. The van der Waals surface area contributed by atoms with Crippen molar-refractivity contribution in [2.24, 2.45) is 5.73 Å². The molecule has 0 saturated carbocycles. The molecule has 0 aromatic rings. The number of ether oxygens (including phenoxy) is 1. The van der Waals surface area contributed by atoms with Crippen molar-refractivity contribution >= 4 is 12.1 Å². The third-order valence-corrected chi connectivity index (χ3v) is 1.59. The van der Waals surface area contributed by atoms with Gasteiger partial charge in [0.1, 0.15) is 11.8 Å². The van der Waals surface area contributed by atoms with Crippen molar-refractivity contribution in [2.45, 2.75) is 45.9 Å². The maximum atomic E-state index is 11.3. The van der Waals surface area contributed by atoms with E-state index in [1.807, 2.05) is 0 Å². The first kappa shape index (κ1) is 14.5. The monoisotopic (exact) mass is 233 g/mol. The van der Waals surface area contributed by atoms with Gasteiger partial charge in [-0.15, -0.1) is 0 Å². The molecule has 7 nitrogen and oxygen atoms in total. The Morgan fingerprint density at radius 3 is 2.31 bits per heavy atom. The van der Waals surface area contributed by atoms with Crippen molar-refractivity contribution in [3.05, 3.63) is 0 Å². The van der Waals surface area contributed by atoms with Crippen LogP contribution in [0.3, 0.4) is 0 Å². The fourth-order valence-corrected chi connectivity index (χ4v) is 0.933. The van der Waals surface area contributed by atoms with Gasteiger partial charge in [0.05, 0.1) is 0 Å². The largest absolute Gasteiger partial charge is 0.444 e. The number of primary amides is 1. The minimum absolute atomic E-state index is 0.254. The molecule has 0 aliphatic carbocycles. The maximum Gasteiger partial charge on any atom is 0.409 e. The van der Waals surface area contributed by atoms with E-state index in [1.54, 1.807) is 27.7 Å².